The third-order valence-corrected chi connectivity index (χ3v) is 21.4. The fraction of sp³-hybridized carbons (Fsp3) is 0.200. The summed E-state index contributed by atoms with van der Waals surface area (Å²) in [6, 6.07) is 36.8. The predicted molar refractivity (Wildman–Crippen MR) is 340 cm³/mol. The summed E-state index contributed by atoms with van der Waals surface area (Å²) >= 11 is 23.7. The van der Waals surface area contributed by atoms with Gasteiger partial charge in [-0.1, -0.05) is 127 Å². The highest BCUT2D eigenvalue weighted by atomic mass is 35.5. The summed E-state index contributed by atoms with van der Waals surface area (Å²) in [5.41, 5.74) is 18.3. The van der Waals surface area contributed by atoms with Crippen LogP contribution in [-0.4, -0.2) is 99.5 Å². The lowest BCUT2D eigenvalue weighted by atomic mass is 9.98. The molecular formula is C60H59Cl4N5O19S4. The van der Waals surface area contributed by atoms with E-state index in [9.17, 15) is 67.2 Å². The molecule has 0 aliphatic rings. The average molecular weight is 1420 g/mol. The summed E-state index contributed by atoms with van der Waals surface area (Å²) in [5, 5.41) is -0.0296. The van der Waals surface area contributed by atoms with Crippen LogP contribution in [0.1, 0.15) is 30.5 Å². The number of halogens is 4. The number of carbonyl (C=O) groups excluding carboxylic acids is 7. The van der Waals surface area contributed by atoms with Gasteiger partial charge in [-0.15, -0.1) is 0 Å². The fourth-order valence-corrected chi connectivity index (χ4v) is 16.2. The quantitative estimate of drug-likeness (QED) is 0.0338. The van der Waals surface area contributed by atoms with Crippen LogP contribution in [0.25, 0.3) is 0 Å². The number of hydrogen-bond donors (Lipinski definition) is 4. The molecular weight excluding hydrogens is 1360 g/mol. The van der Waals surface area contributed by atoms with Crippen LogP contribution >= 0.6 is 46.4 Å². The van der Waals surface area contributed by atoms with Gasteiger partial charge in [-0.05, 0) is 90.0 Å². The molecule has 24 nitrogen and oxygen atoms in total. The first-order valence-corrected chi connectivity index (χ1v) is 34.5. The minimum atomic E-state index is -3.95. The van der Waals surface area contributed by atoms with E-state index in [0.717, 1.165) is 29.3 Å². The summed E-state index contributed by atoms with van der Waals surface area (Å²) in [4.78, 5) is 79.4. The maximum Gasteiger partial charge on any atom is 0.298 e. The number of ether oxygens (including phenoxy) is 4. The van der Waals surface area contributed by atoms with E-state index < -0.39 is 92.3 Å². The topological polar surface area (TPSA) is 396 Å². The van der Waals surface area contributed by atoms with E-state index >= 15 is 0 Å². The Kier molecular flexibility index (Phi) is 29.8. The van der Waals surface area contributed by atoms with Gasteiger partial charge in [0.2, 0.25) is 27.7 Å². The number of benzene rings is 6. The molecule has 3 unspecified atom stereocenters. The number of carbonyl (C=O) groups is 7. The van der Waals surface area contributed by atoms with E-state index in [1.54, 1.807) is 68.6 Å². The van der Waals surface area contributed by atoms with E-state index in [1.807, 2.05) is 24.3 Å². The summed E-state index contributed by atoms with van der Waals surface area (Å²) in [5.74, 6) is -6.35. The van der Waals surface area contributed by atoms with E-state index in [4.69, 9.17) is 63.6 Å². The number of sulfone groups is 3. The smallest absolute Gasteiger partial charge is 0.298 e. The van der Waals surface area contributed by atoms with Crippen LogP contribution in [0, 0.1) is 23.7 Å². The van der Waals surface area contributed by atoms with Gasteiger partial charge in [0.05, 0.1) is 69.8 Å². The van der Waals surface area contributed by atoms with Crippen LogP contribution in [0.3, 0.4) is 0 Å². The van der Waals surface area contributed by atoms with Crippen molar-refractivity contribution in [2.24, 2.45) is 40.9 Å². The molecule has 7 N–H and O–H groups in total. The molecule has 0 saturated heterocycles. The van der Waals surface area contributed by atoms with Crippen molar-refractivity contribution in [3.05, 3.63) is 195 Å². The molecule has 1 aromatic heterocycles. The standard InChI is InChI=1S/C17H16ClNO5S.C16H15ClN2O5S.C14H12ClNO4S.C13H16ClNO5S/c18-15-7-6-14(24-11-20)9-16(15)25(22,23)10-13(17(19)21)8-12-4-2-1-3-5-12;17-14-4-3-13(24-10-20)7-15(14)25(22,23)9-12(16(18)21)6-11-2-1-5-19-8-11;15-13-7-6-12(20-10-17)8-14(13)21(18,19)16-9-11-4-2-1-3-5-11;1-8(2)10(13(15)17)6-21(18,19)12-5-9(20-7-16)3-4-11(12)14/h1-7,9,11,13H,8,10H2,(H2,19,21);1-5,7-8,10,12H,6,9H2,(H2,18,21);1-8,10,16H,9H2;3-5,7-8,10H,6H2,1-2H3,(H2,15,17). The maximum absolute atomic E-state index is 12.7. The van der Waals surface area contributed by atoms with Gasteiger partial charge in [-0.3, -0.25) is 38.5 Å². The number of rotatable bonds is 29. The number of nitrogens with two attached hydrogens (primary N) is 3. The molecule has 0 aliphatic carbocycles. The molecule has 3 amide bonds. The number of hydrogen-bond acceptors (Lipinski definition) is 20. The summed E-state index contributed by atoms with van der Waals surface area (Å²) in [6.45, 7) is 4.31. The second-order valence-electron chi connectivity index (χ2n) is 19.6. The zero-order valence-electron chi connectivity index (χ0n) is 48.5. The Morgan fingerprint density at radius 3 is 1.13 bits per heavy atom. The molecule has 3 atom stereocenters. The molecule has 0 radical (unpaired) electrons. The highest BCUT2D eigenvalue weighted by Crippen LogP contribution is 2.32. The Balaban J connectivity index is 0.000000263. The number of nitrogens with one attached hydrogen (secondary N) is 1. The molecule has 490 valence electrons. The summed E-state index contributed by atoms with van der Waals surface area (Å²) in [7, 11) is -15.5. The largest absolute Gasteiger partial charge is 0.429 e. The molecule has 0 fully saturated rings. The van der Waals surface area contributed by atoms with Crippen molar-refractivity contribution >= 4 is 130 Å². The molecule has 32 heteroatoms. The van der Waals surface area contributed by atoms with E-state index in [1.165, 1.54) is 60.8 Å². The van der Waals surface area contributed by atoms with Crippen LogP contribution in [-0.2, 0) is 92.5 Å². The van der Waals surface area contributed by atoms with Crippen LogP contribution in [0.4, 0.5) is 0 Å². The molecule has 7 rings (SSSR count). The number of aromatic nitrogens is 1. The van der Waals surface area contributed by atoms with Gasteiger partial charge in [0.25, 0.3) is 25.9 Å². The molecule has 7 aromatic rings. The molecule has 0 bridgehead atoms. The Hall–Kier alpha value is -8.32. The molecule has 0 aliphatic heterocycles. The average Bonchev–Trinajstić information content (AvgIpc) is 1.16. The maximum atomic E-state index is 12.7. The van der Waals surface area contributed by atoms with Gasteiger partial charge in [0.1, 0.15) is 27.9 Å². The third-order valence-electron chi connectivity index (χ3n) is 12.7. The van der Waals surface area contributed by atoms with Gasteiger partial charge in [-0.25, -0.2) is 38.4 Å². The SMILES string of the molecule is CC(C)C(CS(=O)(=O)c1cc(OC=O)ccc1Cl)C(N)=O.NC(=O)C(Cc1ccccc1)CS(=O)(=O)c1cc(OC=O)ccc1Cl.NC(=O)C(Cc1cccnc1)CS(=O)(=O)c1cc(OC=O)ccc1Cl.O=COc1ccc(Cl)c(S(=O)(=O)NCc2ccccc2)c1. The van der Waals surface area contributed by atoms with E-state index in [0.29, 0.717) is 5.56 Å². The first-order valence-electron chi connectivity index (χ1n) is 26.5. The lowest BCUT2D eigenvalue weighted by Crippen LogP contribution is -2.33. The summed E-state index contributed by atoms with van der Waals surface area (Å²) in [6.07, 6.45) is 3.42. The number of pyridine rings is 1. The molecule has 1 heterocycles. The number of nitrogens with zero attached hydrogens (tertiary/aromatic N) is 1. The van der Waals surface area contributed by atoms with E-state index in [-0.39, 0.29) is 114 Å². The van der Waals surface area contributed by atoms with E-state index in [2.05, 4.69) is 28.7 Å². The first-order chi connectivity index (χ1) is 43.4. The zero-order valence-corrected chi connectivity index (χ0v) is 54.7. The molecule has 92 heavy (non-hydrogen) atoms. The van der Waals surface area contributed by atoms with Gasteiger partial charge >= 0.3 is 0 Å². The van der Waals surface area contributed by atoms with Crippen molar-refractivity contribution in [2.75, 3.05) is 17.3 Å². The number of amides is 3. The van der Waals surface area contributed by atoms with Gasteiger partial charge in [-0.2, -0.15) is 0 Å². The first kappa shape index (κ1) is 76.1. The lowest BCUT2D eigenvalue weighted by Gasteiger charge is -2.17. The van der Waals surface area contributed by atoms with Gasteiger partial charge in [0.15, 0.2) is 29.5 Å². The van der Waals surface area contributed by atoms with Crippen molar-refractivity contribution in [1.82, 2.24) is 9.71 Å². The second-order valence-corrected chi connectivity index (χ2v) is 29.0. The van der Waals surface area contributed by atoms with Crippen LogP contribution in [0.15, 0.2) is 178 Å². The normalized spacial score (nSPS) is 12.2. The Labute approximate surface area is 550 Å². The minimum absolute atomic E-state index is 0.0137. The van der Waals surface area contributed by atoms with Crippen LogP contribution < -0.4 is 40.9 Å². The van der Waals surface area contributed by atoms with Crippen molar-refractivity contribution in [3.8, 4) is 23.0 Å². The van der Waals surface area contributed by atoms with Crippen molar-refractivity contribution in [2.45, 2.75) is 52.8 Å². The number of sulfonamides is 1. The van der Waals surface area contributed by atoms with Gasteiger partial charge in [0, 0.05) is 43.2 Å². The Morgan fingerprint density at radius 1 is 0.457 bits per heavy atom. The van der Waals surface area contributed by atoms with Gasteiger partial charge < -0.3 is 36.1 Å². The van der Waals surface area contributed by atoms with Crippen molar-refractivity contribution in [3.63, 3.8) is 0 Å². The Morgan fingerprint density at radius 2 is 0.793 bits per heavy atom. The summed E-state index contributed by atoms with van der Waals surface area (Å²) < 4.78 is 121. The monoisotopic (exact) mass is 1420 g/mol. The van der Waals surface area contributed by atoms with Crippen molar-refractivity contribution < 1.29 is 86.2 Å². The fourth-order valence-electron chi connectivity index (χ4n) is 8.05. The predicted octanol–water partition coefficient (Wildman–Crippen LogP) is 7.14. The molecule has 0 saturated carbocycles. The number of primary amides is 3. The highest BCUT2D eigenvalue weighted by molar-refractivity contribution is 7.92. The third kappa shape index (κ3) is 24.1. The molecule has 6 aromatic carbocycles. The van der Waals surface area contributed by atoms with Crippen molar-refractivity contribution in [1.29, 1.82) is 0 Å². The highest BCUT2D eigenvalue weighted by Gasteiger charge is 2.32. The lowest BCUT2D eigenvalue weighted by molar-refractivity contribution is -0.123. The van der Waals surface area contributed by atoms with Crippen LogP contribution in [0.2, 0.25) is 20.1 Å². The molecule has 0 spiro atoms. The Bertz CT molecular complexity index is 4040. The van der Waals surface area contributed by atoms with Crippen LogP contribution in [0.5, 0.6) is 23.0 Å². The minimum Gasteiger partial charge on any atom is -0.429 e. The zero-order chi connectivity index (χ0) is 68.4. The second kappa shape index (κ2) is 36.1.